The molecule has 0 aliphatic carbocycles. The van der Waals surface area contributed by atoms with Crippen LogP contribution in [0.3, 0.4) is 0 Å². The summed E-state index contributed by atoms with van der Waals surface area (Å²) in [6.07, 6.45) is 3.41. The fraction of sp³-hybridized carbons (Fsp3) is 0.286. The largest absolute Gasteiger partial charge is 0.464 e. The topological polar surface area (TPSA) is 77.2 Å². The molecule has 5 heteroatoms. The molecule has 1 aromatic heterocycles. The van der Waals surface area contributed by atoms with E-state index in [0.29, 0.717) is 12.3 Å². The number of rotatable bonds is 4. The summed E-state index contributed by atoms with van der Waals surface area (Å²) in [5.41, 5.74) is 7.41. The van der Waals surface area contributed by atoms with Gasteiger partial charge in [-0.2, -0.15) is 0 Å². The molecule has 1 atom stereocenters. The van der Waals surface area contributed by atoms with Crippen molar-refractivity contribution in [3.05, 3.63) is 30.6 Å². The normalized spacial score (nSPS) is 12.1. The molecular weight excluding hydrogens is 242 g/mol. The summed E-state index contributed by atoms with van der Waals surface area (Å²) in [6.45, 7) is 3.92. The van der Waals surface area contributed by atoms with Crippen molar-refractivity contribution in [1.29, 1.82) is 0 Å². The molecule has 0 spiro atoms. The van der Waals surface area contributed by atoms with E-state index >= 15 is 0 Å². The highest BCUT2D eigenvalue weighted by Crippen LogP contribution is 2.27. The highest BCUT2D eigenvalue weighted by Gasteiger charge is 2.15. The molecular formula is C14H17N3O2. The lowest BCUT2D eigenvalue weighted by Gasteiger charge is -2.16. The van der Waals surface area contributed by atoms with Gasteiger partial charge in [-0.05, 0) is 32.0 Å². The summed E-state index contributed by atoms with van der Waals surface area (Å²) in [4.78, 5) is 15.7. The van der Waals surface area contributed by atoms with Gasteiger partial charge in [-0.25, -0.2) is 4.79 Å². The monoisotopic (exact) mass is 259 g/mol. The minimum absolute atomic E-state index is 0.276. The third kappa shape index (κ3) is 2.76. The number of nitrogens with two attached hydrogens (primary N) is 1. The standard InChI is InChI=1S/C14H17N3O2/c1-3-19-14(18)9(2)17-13-5-4-12(15)11-8-16-7-6-10(11)13/h4-9,17H,3,15H2,1-2H3. The molecule has 0 aliphatic heterocycles. The van der Waals surface area contributed by atoms with Crippen LogP contribution < -0.4 is 11.1 Å². The van der Waals surface area contributed by atoms with E-state index in [1.54, 1.807) is 32.3 Å². The molecule has 2 aromatic rings. The van der Waals surface area contributed by atoms with Gasteiger partial charge in [0.2, 0.25) is 0 Å². The van der Waals surface area contributed by atoms with Crippen molar-refractivity contribution in [2.45, 2.75) is 19.9 Å². The number of pyridine rings is 1. The zero-order valence-electron chi connectivity index (χ0n) is 11.0. The van der Waals surface area contributed by atoms with Crippen molar-refractivity contribution in [3.63, 3.8) is 0 Å². The van der Waals surface area contributed by atoms with E-state index in [0.717, 1.165) is 16.5 Å². The average Bonchev–Trinajstić information content (AvgIpc) is 2.42. The van der Waals surface area contributed by atoms with E-state index in [-0.39, 0.29) is 5.97 Å². The second-order valence-electron chi connectivity index (χ2n) is 4.24. The van der Waals surface area contributed by atoms with Crippen LogP contribution in [0.4, 0.5) is 11.4 Å². The lowest BCUT2D eigenvalue weighted by Crippen LogP contribution is -2.28. The van der Waals surface area contributed by atoms with Gasteiger partial charge in [-0.3, -0.25) is 4.98 Å². The van der Waals surface area contributed by atoms with Gasteiger partial charge < -0.3 is 15.8 Å². The summed E-state index contributed by atoms with van der Waals surface area (Å²) in [5.74, 6) is -0.276. The van der Waals surface area contributed by atoms with Gasteiger partial charge in [0, 0.05) is 34.5 Å². The van der Waals surface area contributed by atoms with Crippen LogP contribution in [0.15, 0.2) is 30.6 Å². The number of benzene rings is 1. The Labute approximate surface area is 111 Å². The maximum absolute atomic E-state index is 11.6. The Morgan fingerprint density at radius 2 is 2.21 bits per heavy atom. The summed E-state index contributed by atoms with van der Waals surface area (Å²) in [6, 6.07) is 5.10. The molecule has 100 valence electrons. The number of nitrogen functional groups attached to an aromatic ring is 1. The summed E-state index contributed by atoms with van der Waals surface area (Å²) < 4.78 is 4.97. The molecule has 1 unspecified atom stereocenters. The smallest absolute Gasteiger partial charge is 0.328 e. The SMILES string of the molecule is CCOC(=O)C(C)Nc1ccc(N)c2cnccc12. The third-order valence-electron chi connectivity index (χ3n) is 2.86. The van der Waals surface area contributed by atoms with Crippen molar-refractivity contribution in [3.8, 4) is 0 Å². The number of nitrogens with zero attached hydrogens (tertiary/aromatic N) is 1. The number of aromatic nitrogens is 1. The zero-order chi connectivity index (χ0) is 13.8. The quantitative estimate of drug-likeness (QED) is 0.650. The Morgan fingerprint density at radius 3 is 2.95 bits per heavy atom. The van der Waals surface area contributed by atoms with Crippen LogP contribution in [0.2, 0.25) is 0 Å². The van der Waals surface area contributed by atoms with Crippen molar-refractivity contribution in [2.75, 3.05) is 17.7 Å². The van der Waals surface area contributed by atoms with Crippen LogP contribution in [0, 0.1) is 0 Å². The average molecular weight is 259 g/mol. The molecule has 0 saturated carbocycles. The van der Waals surface area contributed by atoms with Crippen molar-refractivity contribution in [1.82, 2.24) is 4.98 Å². The molecule has 0 amide bonds. The van der Waals surface area contributed by atoms with E-state index in [9.17, 15) is 4.79 Å². The molecule has 0 radical (unpaired) electrons. The van der Waals surface area contributed by atoms with Gasteiger partial charge >= 0.3 is 5.97 Å². The maximum Gasteiger partial charge on any atom is 0.328 e. The van der Waals surface area contributed by atoms with E-state index in [2.05, 4.69) is 10.3 Å². The Kier molecular flexibility index (Phi) is 3.85. The van der Waals surface area contributed by atoms with E-state index in [4.69, 9.17) is 10.5 Å². The van der Waals surface area contributed by atoms with Crippen LogP contribution in [-0.2, 0) is 9.53 Å². The van der Waals surface area contributed by atoms with Crippen LogP contribution in [-0.4, -0.2) is 23.6 Å². The number of anilines is 2. The lowest BCUT2D eigenvalue weighted by atomic mass is 10.1. The predicted octanol–water partition coefficient (Wildman–Crippen LogP) is 2.18. The molecule has 19 heavy (non-hydrogen) atoms. The number of hydrogen-bond acceptors (Lipinski definition) is 5. The molecule has 3 N–H and O–H groups in total. The molecule has 5 nitrogen and oxygen atoms in total. The zero-order valence-corrected chi connectivity index (χ0v) is 11.0. The number of esters is 1. The molecule has 1 aromatic carbocycles. The summed E-state index contributed by atoms with van der Waals surface area (Å²) in [5, 5.41) is 4.94. The van der Waals surface area contributed by atoms with Gasteiger partial charge in [0.05, 0.1) is 6.61 Å². The molecule has 0 saturated heterocycles. The number of nitrogens with one attached hydrogen (secondary N) is 1. The maximum atomic E-state index is 11.6. The fourth-order valence-corrected chi connectivity index (χ4v) is 1.90. The second-order valence-corrected chi connectivity index (χ2v) is 4.24. The van der Waals surface area contributed by atoms with Gasteiger partial charge in [-0.1, -0.05) is 0 Å². The molecule has 0 bridgehead atoms. The van der Waals surface area contributed by atoms with E-state index < -0.39 is 6.04 Å². The Morgan fingerprint density at radius 1 is 1.42 bits per heavy atom. The van der Waals surface area contributed by atoms with Gasteiger partial charge in [-0.15, -0.1) is 0 Å². The minimum Gasteiger partial charge on any atom is -0.464 e. The third-order valence-corrected chi connectivity index (χ3v) is 2.86. The number of ether oxygens (including phenoxy) is 1. The first-order valence-electron chi connectivity index (χ1n) is 6.19. The van der Waals surface area contributed by atoms with Crippen molar-refractivity contribution >= 4 is 28.1 Å². The first-order chi connectivity index (χ1) is 9.13. The van der Waals surface area contributed by atoms with E-state index in [1.165, 1.54) is 0 Å². The highest BCUT2D eigenvalue weighted by atomic mass is 16.5. The summed E-state index contributed by atoms with van der Waals surface area (Å²) >= 11 is 0. The molecule has 2 rings (SSSR count). The molecule has 0 fully saturated rings. The highest BCUT2D eigenvalue weighted by molar-refractivity contribution is 6.01. The van der Waals surface area contributed by atoms with Gasteiger partial charge in [0.15, 0.2) is 0 Å². The number of carbonyl (C=O) groups excluding carboxylic acids is 1. The van der Waals surface area contributed by atoms with Gasteiger partial charge in [0.25, 0.3) is 0 Å². The van der Waals surface area contributed by atoms with Crippen LogP contribution in [0.1, 0.15) is 13.8 Å². The van der Waals surface area contributed by atoms with Crippen LogP contribution in [0.25, 0.3) is 10.8 Å². The fourth-order valence-electron chi connectivity index (χ4n) is 1.90. The minimum atomic E-state index is -0.417. The number of hydrogen-bond donors (Lipinski definition) is 2. The molecule has 1 heterocycles. The van der Waals surface area contributed by atoms with Crippen LogP contribution in [0.5, 0.6) is 0 Å². The second kappa shape index (κ2) is 5.56. The van der Waals surface area contributed by atoms with Crippen molar-refractivity contribution < 1.29 is 9.53 Å². The predicted molar refractivity (Wildman–Crippen MR) is 75.9 cm³/mol. The number of carbonyl (C=O) groups is 1. The first kappa shape index (κ1) is 13.1. The summed E-state index contributed by atoms with van der Waals surface area (Å²) in [7, 11) is 0. The Bertz CT molecular complexity index is 598. The lowest BCUT2D eigenvalue weighted by molar-refractivity contribution is -0.143. The van der Waals surface area contributed by atoms with E-state index in [1.807, 2.05) is 12.1 Å². The number of fused-ring (bicyclic) bond motifs is 1. The van der Waals surface area contributed by atoms with Crippen LogP contribution >= 0.6 is 0 Å². The first-order valence-corrected chi connectivity index (χ1v) is 6.19. The Balaban J connectivity index is 2.31. The molecule has 0 aliphatic rings. The van der Waals surface area contributed by atoms with Gasteiger partial charge in [0.1, 0.15) is 6.04 Å². The Hall–Kier alpha value is -2.30. The van der Waals surface area contributed by atoms with Crippen molar-refractivity contribution in [2.24, 2.45) is 0 Å².